The Kier molecular flexibility index (Phi) is 6.97. The molecule has 0 bridgehead atoms. The summed E-state index contributed by atoms with van der Waals surface area (Å²) in [6.45, 7) is 2.68. The quantitative estimate of drug-likeness (QED) is 0.231. The molecule has 0 atom stereocenters. The Morgan fingerprint density at radius 2 is 0.971 bits per heavy atom. The van der Waals surface area contributed by atoms with Crippen molar-refractivity contribution in [2.45, 2.75) is 19.5 Å². The van der Waals surface area contributed by atoms with Gasteiger partial charge in [-0.15, -0.1) is 0 Å². The van der Waals surface area contributed by atoms with Gasteiger partial charge in [-0.05, 0) is 46.0 Å². The monoisotopic (exact) mass is 461 g/mol. The van der Waals surface area contributed by atoms with Crippen LogP contribution in [-0.4, -0.2) is 25.7 Å². The highest BCUT2D eigenvalue weighted by Crippen LogP contribution is 2.31. The third-order valence-electron chi connectivity index (χ3n) is 6.74. The van der Waals surface area contributed by atoms with Crippen LogP contribution in [0.25, 0.3) is 21.5 Å². The van der Waals surface area contributed by atoms with Gasteiger partial charge in [0.1, 0.15) is 11.5 Å². The Morgan fingerprint density at radius 3 is 1.46 bits per heavy atom. The Labute approximate surface area is 207 Å². The van der Waals surface area contributed by atoms with Crippen molar-refractivity contribution in [3.05, 3.63) is 120 Å². The molecule has 5 aromatic carbocycles. The Balaban J connectivity index is 1.50. The SMILES string of the molecule is COc1ccc(CN(CCc2ccccc2)Cc2ccc(OC)c3ccccc23)c2ccccc12. The molecule has 176 valence electrons. The van der Waals surface area contributed by atoms with E-state index < -0.39 is 0 Å². The number of ether oxygens (including phenoxy) is 2. The summed E-state index contributed by atoms with van der Waals surface area (Å²) in [5.74, 6) is 1.84. The molecule has 3 heteroatoms. The Hall–Kier alpha value is -3.82. The second-order valence-electron chi connectivity index (χ2n) is 8.89. The summed E-state index contributed by atoms with van der Waals surface area (Å²) in [5.41, 5.74) is 3.98. The largest absolute Gasteiger partial charge is 0.496 e. The highest BCUT2D eigenvalue weighted by atomic mass is 16.5. The second-order valence-corrected chi connectivity index (χ2v) is 8.89. The average Bonchev–Trinajstić information content (AvgIpc) is 2.92. The van der Waals surface area contributed by atoms with Crippen LogP contribution in [0, 0.1) is 0 Å². The molecule has 0 spiro atoms. The molecule has 0 aliphatic carbocycles. The molecule has 3 nitrogen and oxygen atoms in total. The van der Waals surface area contributed by atoms with Crippen LogP contribution in [0.15, 0.2) is 103 Å². The van der Waals surface area contributed by atoms with Gasteiger partial charge in [0.05, 0.1) is 14.2 Å². The predicted molar refractivity (Wildman–Crippen MR) is 145 cm³/mol. The lowest BCUT2D eigenvalue weighted by Gasteiger charge is -2.25. The molecule has 0 aliphatic heterocycles. The first kappa shape index (κ1) is 22.9. The van der Waals surface area contributed by atoms with Crippen molar-refractivity contribution in [2.24, 2.45) is 0 Å². The van der Waals surface area contributed by atoms with Crippen LogP contribution in [-0.2, 0) is 19.5 Å². The van der Waals surface area contributed by atoms with Gasteiger partial charge in [-0.1, -0.05) is 91.0 Å². The van der Waals surface area contributed by atoms with Crippen LogP contribution < -0.4 is 9.47 Å². The normalized spacial score (nSPS) is 11.3. The summed E-state index contributed by atoms with van der Waals surface area (Å²) in [7, 11) is 3.48. The van der Waals surface area contributed by atoms with E-state index in [2.05, 4.69) is 108 Å². The van der Waals surface area contributed by atoms with Gasteiger partial charge in [0, 0.05) is 30.4 Å². The smallest absolute Gasteiger partial charge is 0.126 e. The number of rotatable bonds is 9. The van der Waals surface area contributed by atoms with Crippen molar-refractivity contribution in [3.8, 4) is 11.5 Å². The first-order valence-electron chi connectivity index (χ1n) is 12.1. The van der Waals surface area contributed by atoms with Gasteiger partial charge in [0.15, 0.2) is 0 Å². The average molecular weight is 462 g/mol. The highest BCUT2D eigenvalue weighted by Gasteiger charge is 2.14. The van der Waals surface area contributed by atoms with E-state index >= 15 is 0 Å². The zero-order valence-electron chi connectivity index (χ0n) is 20.4. The summed E-state index contributed by atoms with van der Waals surface area (Å²) in [6.07, 6.45) is 1.00. The number of hydrogen-bond donors (Lipinski definition) is 0. The molecule has 0 radical (unpaired) electrons. The molecule has 0 heterocycles. The Morgan fingerprint density at radius 1 is 0.514 bits per heavy atom. The minimum absolute atomic E-state index is 0.859. The molecule has 0 fully saturated rings. The first-order valence-corrected chi connectivity index (χ1v) is 12.1. The molecule has 0 saturated heterocycles. The third-order valence-corrected chi connectivity index (χ3v) is 6.74. The van der Waals surface area contributed by atoms with E-state index in [1.165, 1.54) is 27.5 Å². The van der Waals surface area contributed by atoms with Crippen molar-refractivity contribution < 1.29 is 9.47 Å². The molecule has 5 rings (SSSR count). The number of benzene rings is 5. The predicted octanol–water partition coefficient (Wildman–Crippen LogP) is 7.26. The number of methoxy groups -OCH3 is 2. The van der Waals surface area contributed by atoms with Crippen LogP contribution in [0.3, 0.4) is 0 Å². The lowest BCUT2D eigenvalue weighted by atomic mass is 10.0. The van der Waals surface area contributed by atoms with Crippen LogP contribution in [0.1, 0.15) is 16.7 Å². The standard InChI is InChI=1S/C32H31NO2/c1-34-31-18-16-25(27-12-6-8-14-29(27)31)22-33(21-20-24-10-4-3-5-11-24)23-26-17-19-32(35-2)30-15-9-7-13-28(26)30/h3-19H,20-23H2,1-2H3. The van der Waals surface area contributed by atoms with Gasteiger partial charge in [-0.3, -0.25) is 4.90 Å². The summed E-state index contributed by atoms with van der Waals surface area (Å²) >= 11 is 0. The molecule has 0 unspecified atom stereocenters. The van der Waals surface area contributed by atoms with Gasteiger partial charge in [0.2, 0.25) is 0 Å². The molecule has 0 saturated carbocycles. The first-order chi connectivity index (χ1) is 17.3. The van der Waals surface area contributed by atoms with E-state index in [9.17, 15) is 0 Å². The van der Waals surface area contributed by atoms with Crippen molar-refractivity contribution in [3.63, 3.8) is 0 Å². The minimum Gasteiger partial charge on any atom is -0.496 e. The maximum absolute atomic E-state index is 5.63. The minimum atomic E-state index is 0.859. The van der Waals surface area contributed by atoms with Gasteiger partial charge in [-0.25, -0.2) is 0 Å². The lowest BCUT2D eigenvalue weighted by molar-refractivity contribution is 0.262. The van der Waals surface area contributed by atoms with E-state index in [-0.39, 0.29) is 0 Å². The van der Waals surface area contributed by atoms with Crippen LogP contribution in [0.4, 0.5) is 0 Å². The van der Waals surface area contributed by atoms with Crippen LogP contribution in [0.5, 0.6) is 11.5 Å². The van der Waals surface area contributed by atoms with E-state index in [1.54, 1.807) is 14.2 Å². The van der Waals surface area contributed by atoms with Crippen molar-refractivity contribution in [2.75, 3.05) is 20.8 Å². The molecule has 0 N–H and O–H groups in total. The number of hydrogen-bond acceptors (Lipinski definition) is 3. The summed E-state index contributed by atoms with van der Waals surface area (Å²) in [6, 6.07) is 36.4. The molecule has 35 heavy (non-hydrogen) atoms. The molecule has 5 aromatic rings. The van der Waals surface area contributed by atoms with Gasteiger partial charge in [-0.2, -0.15) is 0 Å². The van der Waals surface area contributed by atoms with Crippen molar-refractivity contribution in [1.29, 1.82) is 0 Å². The highest BCUT2D eigenvalue weighted by molar-refractivity contribution is 5.92. The second kappa shape index (κ2) is 10.6. The van der Waals surface area contributed by atoms with Crippen molar-refractivity contribution >= 4 is 21.5 Å². The summed E-state index contributed by atoms with van der Waals surface area (Å²) in [5, 5.41) is 4.81. The fourth-order valence-corrected chi connectivity index (χ4v) is 4.93. The number of nitrogens with zero attached hydrogens (tertiary/aromatic N) is 1. The molecular weight excluding hydrogens is 430 g/mol. The summed E-state index contributed by atoms with van der Waals surface area (Å²) in [4.78, 5) is 2.55. The topological polar surface area (TPSA) is 21.7 Å². The molecule has 0 amide bonds. The molecular formula is C32H31NO2. The lowest BCUT2D eigenvalue weighted by Crippen LogP contribution is -2.25. The van der Waals surface area contributed by atoms with E-state index in [1.807, 2.05) is 0 Å². The molecule has 0 aromatic heterocycles. The van der Waals surface area contributed by atoms with Gasteiger partial charge in [0.25, 0.3) is 0 Å². The fraction of sp³-hybridized carbons (Fsp3) is 0.188. The van der Waals surface area contributed by atoms with Gasteiger partial charge < -0.3 is 9.47 Å². The zero-order valence-corrected chi connectivity index (χ0v) is 20.4. The van der Waals surface area contributed by atoms with Crippen LogP contribution in [0.2, 0.25) is 0 Å². The Bertz CT molecular complexity index is 1340. The van der Waals surface area contributed by atoms with E-state index in [0.29, 0.717) is 0 Å². The van der Waals surface area contributed by atoms with E-state index in [4.69, 9.17) is 9.47 Å². The number of fused-ring (bicyclic) bond motifs is 2. The summed E-state index contributed by atoms with van der Waals surface area (Å²) < 4.78 is 11.3. The third kappa shape index (κ3) is 5.01. The van der Waals surface area contributed by atoms with Crippen LogP contribution >= 0.6 is 0 Å². The maximum atomic E-state index is 5.63. The molecule has 0 aliphatic rings. The zero-order chi connectivity index (χ0) is 24.0. The van der Waals surface area contributed by atoms with Crippen molar-refractivity contribution in [1.82, 2.24) is 4.90 Å². The maximum Gasteiger partial charge on any atom is 0.126 e. The van der Waals surface area contributed by atoms with Gasteiger partial charge >= 0.3 is 0 Å². The fourth-order valence-electron chi connectivity index (χ4n) is 4.93. The van der Waals surface area contributed by atoms with E-state index in [0.717, 1.165) is 48.3 Å².